The smallest absolute Gasteiger partial charge is 0.319 e. The van der Waals surface area contributed by atoms with Gasteiger partial charge in [0.15, 0.2) is 0 Å². The van der Waals surface area contributed by atoms with E-state index in [0.29, 0.717) is 11.3 Å². The molecule has 0 saturated carbocycles. The lowest BCUT2D eigenvalue weighted by molar-refractivity contribution is -0.136. The second-order valence-corrected chi connectivity index (χ2v) is 22.3. The highest BCUT2D eigenvalue weighted by Gasteiger charge is 2.38. The van der Waals surface area contributed by atoms with Crippen LogP contribution < -0.4 is 92.5 Å². The van der Waals surface area contributed by atoms with Gasteiger partial charge in [0.2, 0.25) is 59.1 Å². The van der Waals surface area contributed by atoms with Crippen LogP contribution in [0.5, 0.6) is 0 Å². The number of hydrogen-bond donors (Lipinski definition) is 19. The summed E-state index contributed by atoms with van der Waals surface area (Å²) in [6.07, 6.45) is -4.74. The highest BCUT2D eigenvalue weighted by atomic mass is 16.3. The number of aliphatic hydroxyl groups is 2. The Hall–Kier alpha value is -8.65. The number of benzene rings is 3. The van der Waals surface area contributed by atoms with E-state index in [1.54, 1.807) is 68.4 Å². The maximum Gasteiger partial charge on any atom is 0.319 e. The fourth-order valence-electron chi connectivity index (χ4n) is 9.57. The van der Waals surface area contributed by atoms with Gasteiger partial charge in [-0.1, -0.05) is 86.6 Å². The first kappa shape index (κ1) is 73.8. The first-order valence-electron chi connectivity index (χ1n) is 30.1. The van der Waals surface area contributed by atoms with Crippen molar-refractivity contribution in [1.82, 2.24) is 58.5 Å². The summed E-state index contributed by atoms with van der Waals surface area (Å²) in [6, 6.07) is 9.04. The SMILES string of the molecule is CC(C)C[C@@H]1NC(=O)[C@@H](Cc2ccccc2)NC(=O)[C@H](CCN)NC(=O)[C@@H](NC(=O)[C@H](CCN)NC(=O)[C@@H](NC(=O)[C@H](CCN)NC(=O)Nc2ccc(-c3ccccc3)cc2)[C@@H](C)O)CCNC(=O)[C@H]([C@@H](C)O)NC(=O)[C@H](CCN)NC(=O)[C@H](CCN)NC1=O. The van der Waals surface area contributed by atoms with Gasteiger partial charge in [-0.3, -0.25) is 47.9 Å². The van der Waals surface area contributed by atoms with Crippen LogP contribution in [0.15, 0.2) is 84.9 Å². The van der Waals surface area contributed by atoms with E-state index in [-0.39, 0.29) is 83.6 Å². The summed E-state index contributed by atoms with van der Waals surface area (Å²) in [5.74, 6) is -9.75. The molecule has 3 aromatic carbocycles. The van der Waals surface area contributed by atoms with Crippen molar-refractivity contribution in [2.75, 3.05) is 44.6 Å². The molecule has 0 unspecified atom stereocenters. The average Bonchev–Trinajstić information content (AvgIpc) is 1.42. The molecule has 1 aliphatic rings. The van der Waals surface area contributed by atoms with Crippen molar-refractivity contribution < 1.29 is 63.0 Å². The van der Waals surface area contributed by atoms with Crippen LogP contribution in [0, 0.1) is 5.92 Å². The van der Waals surface area contributed by atoms with Crippen LogP contribution >= 0.6 is 0 Å². The minimum atomic E-state index is -1.76. The van der Waals surface area contributed by atoms with E-state index in [1.165, 1.54) is 13.8 Å². The van der Waals surface area contributed by atoms with E-state index < -0.39 is 151 Å². The van der Waals surface area contributed by atoms with Crippen LogP contribution in [0.1, 0.15) is 78.2 Å². The fourth-order valence-corrected chi connectivity index (χ4v) is 9.57. The largest absolute Gasteiger partial charge is 0.391 e. The van der Waals surface area contributed by atoms with E-state index in [1.807, 2.05) is 30.3 Å². The summed E-state index contributed by atoms with van der Waals surface area (Å²) in [7, 11) is 0. The number of urea groups is 1. The van der Waals surface area contributed by atoms with Gasteiger partial charge in [0.25, 0.3) is 0 Å². The van der Waals surface area contributed by atoms with Crippen LogP contribution in [0.3, 0.4) is 0 Å². The van der Waals surface area contributed by atoms with E-state index in [9.17, 15) is 63.0 Å². The predicted octanol–water partition coefficient (Wildman–Crippen LogP) is -4.48. The Morgan fingerprint density at radius 2 is 0.978 bits per heavy atom. The number of carbonyl (C=O) groups excluding carboxylic acids is 11. The summed E-state index contributed by atoms with van der Waals surface area (Å²) in [4.78, 5) is 155. The number of nitrogens with one attached hydrogen (secondary N) is 12. The van der Waals surface area contributed by atoms with Gasteiger partial charge in [0.05, 0.1) is 12.2 Å². The summed E-state index contributed by atoms with van der Waals surface area (Å²) >= 11 is 0. The number of rotatable bonds is 25. The third-order valence-corrected chi connectivity index (χ3v) is 14.4. The number of aliphatic hydroxyl groups excluding tert-OH is 2. The monoisotopic (exact) mass is 1260 g/mol. The fraction of sp³-hybridized carbons (Fsp3) is 0.517. The zero-order valence-corrected chi connectivity index (χ0v) is 51.3. The highest BCUT2D eigenvalue weighted by Crippen LogP contribution is 2.21. The number of hydrogen-bond acceptors (Lipinski definition) is 18. The molecular weight excluding hydrogens is 1170 g/mol. The van der Waals surface area contributed by atoms with Crippen molar-refractivity contribution in [2.24, 2.45) is 34.6 Å². The molecule has 3 aromatic rings. The molecule has 1 fully saturated rings. The first-order chi connectivity index (χ1) is 42.9. The van der Waals surface area contributed by atoms with Gasteiger partial charge >= 0.3 is 6.03 Å². The van der Waals surface area contributed by atoms with Crippen LogP contribution in [0.25, 0.3) is 11.1 Å². The molecule has 12 atom stereocenters. The summed E-state index contributed by atoms with van der Waals surface area (Å²) in [5, 5.41) is 52.2. The Labute approximate surface area is 523 Å². The second kappa shape index (κ2) is 38.0. The summed E-state index contributed by atoms with van der Waals surface area (Å²) in [6.45, 7) is 4.64. The Kier molecular flexibility index (Phi) is 31.2. The van der Waals surface area contributed by atoms with Gasteiger partial charge < -0.3 is 103 Å². The minimum absolute atomic E-state index is 0.0377. The zero-order chi connectivity index (χ0) is 66.5. The molecular formula is C60H91N17O13. The number of nitrogens with two attached hydrogens (primary N) is 5. The van der Waals surface area contributed by atoms with Crippen molar-refractivity contribution in [3.05, 3.63) is 90.5 Å². The number of carbonyl (C=O) groups is 11. The van der Waals surface area contributed by atoms with Crippen LogP contribution in [0.4, 0.5) is 10.5 Å². The van der Waals surface area contributed by atoms with Gasteiger partial charge in [-0.2, -0.15) is 0 Å². The van der Waals surface area contributed by atoms with E-state index >= 15 is 0 Å². The Balaban J connectivity index is 1.67. The number of amides is 12. The molecule has 30 nitrogen and oxygen atoms in total. The lowest BCUT2D eigenvalue weighted by atomic mass is 10.00. The Morgan fingerprint density at radius 1 is 0.511 bits per heavy atom. The first-order valence-corrected chi connectivity index (χ1v) is 30.1. The van der Waals surface area contributed by atoms with E-state index in [0.717, 1.165) is 11.1 Å². The van der Waals surface area contributed by atoms with Crippen molar-refractivity contribution in [2.45, 2.75) is 152 Å². The quantitative estimate of drug-likeness (QED) is 0.0380. The van der Waals surface area contributed by atoms with Crippen molar-refractivity contribution >= 4 is 70.8 Å². The molecule has 494 valence electrons. The predicted molar refractivity (Wildman–Crippen MR) is 334 cm³/mol. The summed E-state index contributed by atoms with van der Waals surface area (Å²) < 4.78 is 0. The minimum Gasteiger partial charge on any atom is -0.391 e. The molecule has 1 heterocycles. The maximum absolute atomic E-state index is 14.6. The Bertz CT molecular complexity index is 2850. The van der Waals surface area contributed by atoms with Crippen LogP contribution in [-0.4, -0.2) is 187 Å². The molecule has 90 heavy (non-hydrogen) atoms. The van der Waals surface area contributed by atoms with Crippen molar-refractivity contribution in [3.8, 4) is 11.1 Å². The summed E-state index contributed by atoms with van der Waals surface area (Å²) in [5.41, 5.74) is 32.2. The van der Waals surface area contributed by atoms with Crippen LogP contribution in [-0.2, 0) is 54.4 Å². The average molecular weight is 1260 g/mol. The highest BCUT2D eigenvalue weighted by molar-refractivity contribution is 6.00. The standard InChI is InChI=1S/C60H91N17O13/c1-33(2)31-46-56(86)70-40(19-25-61)50(80)69-43(22-28-64)54(84)76-48(34(3)78)58(88)66-30-24-45(53(83)68-41(20-26-62)52(82)74-47(57(87)73-46)32-36-11-7-5-8-12-36)71-51(81)42(21-27-63)72-59(89)49(35(4)79)77-55(85)44(23-29-65)75-60(90)67-39-17-15-38(16-18-39)37-13-9-6-10-14-37/h5-18,33-35,40-49,78-79H,19-32,61-65H2,1-4H3,(H,66,88)(H,68,83)(H,69,80)(H,70,86)(H,71,81)(H,72,89)(H,73,87)(H,74,82)(H,76,84)(H,77,85)(H2,67,75,90)/t34-,35-,40+,41+,42+,43+,44+,45+,46+,47-,48+,49+/m1/s1. The van der Waals surface area contributed by atoms with Gasteiger partial charge in [-0.25, -0.2) is 4.79 Å². The van der Waals surface area contributed by atoms with Crippen molar-refractivity contribution in [1.29, 1.82) is 0 Å². The van der Waals surface area contributed by atoms with Gasteiger partial charge in [0.1, 0.15) is 60.4 Å². The molecule has 24 N–H and O–H groups in total. The third-order valence-electron chi connectivity index (χ3n) is 14.4. The third kappa shape index (κ3) is 24.0. The van der Waals surface area contributed by atoms with Gasteiger partial charge in [-0.15, -0.1) is 0 Å². The lowest BCUT2D eigenvalue weighted by Gasteiger charge is -2.29. The lowest BCUT2D eigenvalue weighted by Crippen LogP contribution is -2.62. The second-order valence-electron chi connectivity index (χ2n) is 22.3. The molecule has 1 aliphatic heterocycles. The van der Waals surface area contributed by atoms with Crippen molar-refractivity contribution in [3.63, 3.8) is 0 Å². The topological polar surface area (TPSA) is 503 Å². The number of anilines is 1. The molecule has 12 amide bonds. The molecule has 0 aromatic heterocycles. The van der Waals surface area contributed by atoms with E-state index in [2.05, 4.69) is 63.8 Å². The molecule has 0 bridgehead atoms. The normalized spacial score (nSPS) is 21.8. The molecule has 0 spiro atoms. The molecule has 4 rings (SSSR count). The Morgan fingerprint density at radius 3 is 1.49 bits per heavy atom. The maximum atomic E-state index is 14.6. The molecule has 30 heteroatoms. The molecule has 1 saturated heterocycles. The van der Waals surface area contributed by atoms with E-state index in [4.69, 9.17) is 28.7 Å². The van der Waals surface area contributed by atoms with Gasteiger partial charge in [-0.05, 0) is 126 Å². The van der Waals surface area contributed by atoms with Crippen LogP contribution in [0.2, 0.25) is 0 Å². The molecule has 0 radical (unpaired) electrons. The van der Waals surface area contributed by atoms with Gasteiger partial charge in [0, 0.05) is 18.7 Å². The molecule has 0 aliphatic carbocycles. The zero-order valence-electron chi connectivity index (χ0n) is 51.3.